The number of cyclic esters (lactones) is 1. The molecule has 0 aromatic heterocycles. The van der Waals surface area contributed by atoms with Crippen LogP contribution in [-0.2, 0) is 33.3 Å². The third-order valence-corrected chi connectivity index (χ3v) is 10.2. The van der Waals surface area contributed by atoms with Crippen LogP contribution in [0.3, 0.4) is 0 Å². The van der Waals surface area contributed by atoms with E-state index < -0.39 is 77.3 Å². The second kappa shape index (κ2) is 16.6. The number of hydrogen-bond donors (Lipinski definition) is 4. The van der Waals surface area contributed by atoms with Crippen molar-refractivity contribution in [2.45, 2.75) is 143 Å². The molecule has 0 radical (unpaired) electrons. The molecule has 2 rings (SSSR count). The number of carbonyl (C=O) groups excluding carboxylic acids is 3. The van der Waals surface area contributed by atoms with Gasteiger partial charge in [-0.3, -0.25) is 14.4 Å². The summed E-state index contributed by atoms with van der Waals surface area (Å²) < 4.78 is 24.5. The molecule has 2 fully saturated rings. The minimum absolute atomic E-state index is 0.153. The van der Waals surface area contributed by atoms with E-state index in [1.807, 2.05) is 32.8 Å². The van der Waals surface area contributed by atoms with E-state index in [4.69, 9.17) is 18.9 Å². The molecule has 0 aliphatic carbocycles. The summed E-state index contributed by atoms with van der Waals surface area (Å²) in [7, 11) is 5.21. The molecule has 272 valence electrons. The van der Waals surface area contributed by atoms with Gasteiger partial charge in [0.05, 0.1) is 23.9 Å². The van der Waals surface area contributed by atoms with Gasteiger partial charge in [0.15, 0.2) is 12.1 Å². The Morgan fingerprint density at radius 1 is 1.11 bits per heavy atom. The Balaban J connectivity index is 2.76. The first kappa shape index (κ1) is 41.2. The van der Waals surface area contributed by atoms with Crippen LogP contribution in [0.1, 0.15) is 88.5 Å². The molecule has 0 bridgehead atoms. The number of rotatable bonds is 7. The number of amides is 1. The predicted molar refractivity (Wildman–Crippen MR) is 176 cm³/mol. The van der Waals surface area contributed by atoms with Crippen molar-refractivity contribution >= 4 is 23.4 Å². The fraction of sp³-hybridized carbons (Fsp3) is 0.882. The summed E-state index contributed by atoms with van der Waals surface area (Å²) in [6, 6.07) is -0.278. The van der Waals surface area contributed by atoms with Gasteiger partial charge >= 0.3 is 5.97 Å². The molecular formula is C34H61N3O10. The average Bonchev–Trinajstić information content (AvgIpc) is 3.00. The van der Waals surface area contributed by atoms with E-state index in [-0.39, 0.29) is 36.8 Å². The van der Waals surface area contributed by atoms with Gasteiger partial charge in [0.1, 0.15) is 23.7 Å². The first-order chi connectivity index (χ1) is 21.6. The van der Waals surface area contributed by atoms with Gasteiger partial charge in [0, 0.05) is 36.6 Å². The number of methoxy groups -OCH3 is 1. The van der Waals surface area contributed by atoms with Crippen molar-refractivity contribution in [3.05, 3.63) is 0 Å². The molecule has 0 aromatic rings. The number of ether oxygens (including phenoxy) is 4. The first-order valence-electron chi connectivity index (χ1n) is 16.9. The lowest BCUT2D eigenvalue weighted by molar-refractivity contribution is -0.295. The van der Waals surface area contributed by atoms with Crippen LogP contribution in [-0.4, -0.2) is 119 Å². The maximum Gasteiger partial charge on any atom is 0.316 e. The maximum atomic E-state index is 14.0. The van der Waals surface area contributed by atoms with Gasteiger partial charge in [-0.15, -0.1) is 0 Å². The lowest BCUT2D eigenvalue weighted by Gasteiger charge is -2.47. The molecule has 2 aliphatic heterocycles. The van der Waals surface area contributed by atoms with Gasteiger partial charge < -0.3 is 39.2 Å². The average molecular weight is 672 g/mol. The van der Waals surface area contributed by atoms with Crippen LogP contribution in [0.4, 0.5) is 0 Å². The normalized spacial score (nSPS) is 42.3. The zero-order chi connectivity index (χ0) is 36.2. The number of hydrogen-bond acceptors (Lipinski definition) is 12. The van der Waals surface area contributed by atoms with Crippen LogP contribution in [0, 0.1) is 29.6 Å². The molecule has 13 heteroatoms. The molecule has 13 nitrogen and oxygen atoms in total. The van der Waals surface area contributed by atoms with E-state index in [1.165, 1.54) is 21.0 Å². The van der Waals surface area contributed by atoms with Gasteiger partial charge in [-0.25, -0.2) is 5.43 Å². The molecule has 1 amide bonds. The minimum Gasteiger partial charge on any atom is -0.459 e. The first-order valence-corrected chi connectivity index (χ1v) is 16.9. The Kier molecular flexibility index (Phi) is 14.5. The Morgan fingerprint density at radius 2 is 1.70 bits per heavy atom. The van der Waals surface area contributed by atoms with E-state index in [1.54, 1.807) is 41.5 Å². The summed E-state index contributed by atoms with van der Waals surface area (Å²) in [6.07, 6.45) is -5.21. The van der Waals surface area contributed by atoms with Crippen molar-refractivity contribution in [2.24, 2.45) is 34.7 Å². The van der Waals surface area contributed by atoms with Crippen LogP contribution in [0.5, 0.6) is 0 Å². The smallest absolute Gasteiger partial charge is 0.316 e. The molecule has 2 heterocycles. The molecule has 0 saturated carbocycles. The zero-order valence-electron chi connectivity index (χ0n) is 30.6. The SMILES string of the molecule is CCC1OC(=O)C(C)C(=O)C(C)C(OC2OC(C)CC(N(C)C)C2O)C(C)(OC)CC(C)C(=NNC(=O)C(C)C)C(C)C(O)C1(C)O. The van der Waals surface area contributed by atoms with E-state index in [2.05, 4.69) is 10.5 Å². The second-order valence-electron chi connectivity index (χ2n) is 14.6. The van der Waals surface area contributed by atoms with E-state index >= 15 is 0 Å². The van der Waals surface area contributed by atoms with E-state index in [0.717, 1.165) is 0 Å². The van der Waals surface area contributed by atoms with Crippen molar-refractivity contribution in [3.8, 4) is 0 Å². The quantitative estimate of drug-likeness (QED) is 0.177. The largest absolute Gasteiger partial charge is 0.459 e. The Hall–Kier alpha value is -2.00. The topological polar surface area (TPSA) is 176 Å². The summed E-state index contributed by atoms with van der Waals surface area (Å²) in [5, 5.41) is 39.0. The fourth-order valence-electron chi connectivity index (χ4n) is 6.90. The third-order valence-electron chi connectivity index (χ3n) is 10.2. The molecule has 13 atom stereocenters. The Labute approximate surface area is 280 Å². The highest BCUT2D eigenvalue weighted by molar-refractivity contribution is 6.00. The van der Waals surface area contributed by atoms with Gasteiger partial charge in [-0.1, -0.05) is 41.5 Å². The van der Waals surface area contributed by atoms with Gasteiger partial charge in [0.2, 0.25) is 5.91 Å². The van der Waals surface area contributed by atoms with E-state index in [0.29, 0.717) is 12.1 Å². The van der Waals surface area contributed by atoms with Crippen molar-refractivity contribution in [1.82, 2.24) is 10.3 Å². The molecule has 0 aromatic carbocycles. The van der Waals surface area contributed by atoms with Gasteiger partial charge in [-0.2, -0.15) is 5.10 Å². The van der Waals surface area contributed by atoms with Crippen LogP contribution >= 0.6 is 0 Å². The Bertz CT molecular complexity index is 1110. The predicted octanol–water partition coefficient (Wildman–Crippen LogP) is 2.28. The molecule has 13 unspecified atom stereocenters. The molecule has 4 N–H and O–H groups in total. The van der Waals surface area contributed by atoms with Crippen LogP contribution in [0.15, 0.2) is 5.10 Å². The number of aliphatic hydroxyl groups is 3. The number of Topliss-reactive ketones (excluding diaryl/α,β-unsaturated/α-hetero) is 1. The van der Waals surface area contributed by atoms with Gasteiger partial charge in [0.25, 0.3) is 0 Å². The maximum absolute atomic E-state index is 14.0. The fourth-order valence-corrected chi connectivity index (χ4v) is 6.90. The number of aliphatic hydroxyl groups excluding tert-OH is 2. The standard InChI is InChI=1S/C34H61N3O10/c1-14-24-34(10,43)28(40)20(6)25(35-36-30(41)17(2)3)18(4)16-33(9,44-13)29(21(7)26(38)22(8)31(42)46-24)47-32-27(39)23(37(11)12)15-19(5)45-32/h17-24,27-29,32,39-40,43H,14-16H2,1-13H3,(H,36,41). The summed E-state index contributed by atoms with van der Waals surface area (Å²) in [6.45, 7) is 16.8. The van der Waals surface area contributed by atoms with Crippen molar-refractivity contribution in [3.63, 3.8) is 0 Å². The summed E-state index contributed by atoms with van der Waals surface area (Å²) in [5.41, 5.74) is -0.243. The second-order valence-corrected chi connectivity index (χ2v) is 14.6. The van der Waals surface area contributed by atoms with Crippen LogP contribution in [0.2, 0.25) is 0 Å². The number of hydrazone groups is 1. The number of ketones is 1. The van der Waals surface area contributed by atoms with Crippen molar-refractivity contribution in [1.29, 1.82) is 0 Å². The van der Waals surface area contributed by atoms with Crippen molar-refractivity contribution in [2.75, 3.05) is 21.2 Å². The molecule has 2 aliphatic rings. The monoisotopic (exact) mass is 671 g/mol. The Morgan fingerprint density at radius 3 is 2.21 bits per heavy atom. The number of nitrogens with one attached hydrogen (secondary N) is 1. The number of esters is 1. The molecular weight excluding hydrogens is 610 g/mol. The highest BCUT2D eigenvalue weighted by Gasteiger charge is 2.51. The van der Waals surface area contributed by atoms with Crippen molar-refractivity contribution < 1.29 is 48.7 Å². The lowest BCUT2D eigenvalue weighted by Crippen LogP contribution is -2.60. The summed E-state index contributed by atoms with van der Waals surface area (Å²) in [4.78, 5) is 42.0. The summed E-state index contributed by atoms with van der Waals surface area (Å²) in [5.74, 6) is -5.58. The van der Waals surface area contributed by atoms with Gasteiger partial charge in [-0.05, 0) is 67.0 Å². The van der Waals surface area contributed by atoms with E-state index in [9.17, 15) is 29.7 Å². The highest BCUT2D eigenvalue weighted by atomic mass is 16.7. The molecule has 47 heavy (non-hydrogen) atoms. The van der Waals surface area contributed by atoms with Crippen LogP contribution in [0.25, 0.3) is 0 Å². The zero-order valence-corrected chi connectivity index (χ0v) is 30.6. The highest BCUT2D eigenvalue weighted by Crippen LogP contribution is 2.38. The minimum atomic E-state index is -1.94. The third kappa shape index (κ3) is 9.37. The number of nitrogens with zero attached hydrogens (tertiary/aromatic N) is 2. The lowest BCUT2D eigenvalue weighted by atomic mass is 9.74. The molecule has 2 saturated heterocycles. The van der Waals surface area contributed by atoms with Crippen LogP contribution < -0.4 is 5.43 Å². The molecule has 0 spiro atoms. The number of carbonyl (C=O) groups is 3. The number of likely N-dealkylation sites (N-methyl/N-ethyl adjacent to an activating group) is 1. The summed E-state index contributed by atoms with van der Waals surface area (Å²) >= 11 is 0.